The minimum absolute atomic E-state index is 0.226. The maximum absolute atomic E-state index is 6.19. The van der Waals surface area contributed by atoms with E-state index in [0.717, 1.165) is 15.6 Å². The van der Waals surface area contributed by atoms with Crippen molar-refractivity contribution in [2.75, 3.05) is 6.54 Å². The molecule has 2 N–H and O–H groups in total. The highest BCUT2D eigenvalue weighted by Gasteiger charge is 2.58. The van der Waals surface area contributed by atoms with Crippen molar-refractivity contribution in [1.82, 2.24) is 0 Å². The van der Waals surface area contributed by atoms with Crippen LogP contribution in [0.5, 0.6) is 0 Å². The molecule has 0 heterocycles. The lowest BCUT2D eigenvalue weighted by Crippen LogP contribution is -2.05. The Morgan fingerprint density at radius 1 is 1.27 bits per heavy atom. The lowest BCUT2D eigenvalue weighted by molar-refractivity contribution is 0.558. The van der Waals surface area contributed by atoms with Crippen LogP contribution in [-0.2, 0) is 0 Å². The molecule has 0 spiro atoms. The molecule has 2 atom stereocenters. The van der Waals surface area contributed by atoms with Gasteiger partial charge in [-0.25, -0.2) is 0 Å². The molecule has 0 saturated heterocycles. The van der Waals surface area contributed by atoms with Crippen molar-refractivity contribution in [2.24, 2.45) is 17.1 Å². The molecule has 0 amide bonds. The Morgan fingerprint density at radius 2 is 1.80 bits per heavy atom. The van der Waals surface area contributed by atoms with E-state index in [1.165, 1.54) is 0 Å². The fourth-order valence-corrected chi connectivity index (χ4v) is 3.20. The number of hydrogen-bond acceptors (Lipinski definition) is 1. The van der Waals surface area contributed by atoms with Crippen LogP contribution in [0.4, 0.5) is 0 Å². The van der Waals surface area contributed by atoms with Gasteiger partial charge in [0.1, 0.15) is 0 Å². The predicted molar refractivity (Wildman–Crippen MR) is 65.5 cm³/mol. The van der Waals surface area contributed by atoms with E-state index in [2.05, 4.69) is 13.8 Å². The van der Waals surface area contributed by atoms with Crippen molar-refractivity contribution < 1.29 is 0 Å². The van der Waals surface area contributed by atoms with E-state index in [0.29, 0.717) is 18.4 Å². The van der Waals surface area contributed by atoms with Gasteiger partial charge in [0, 0.05) is 10.0 Å². The second-order valence-corrected chi connectivity index (χ2v) is 5.59. The monoisotopic (exact) mass is 243 g/mol. The van der Waals surface area contributed by atoms with Crippen molar-refractivity contribution in [2.45, 2.75) is 19.8 Å². The van der Waals surface area contributed by atoms with Crippen LogP contribution in [0.3, 0.4) is 0 Å². The summed E-state index contributed by atoms with van der Waals surface area (Å²) in [6.07, 6.45) is 0. The van der Waals surface area contributed by atoms with E-state index in [-0.39, 0.29) is 5.41 Å². The van der Waals surface area contributed by atoms with E-state index >= 15 is 0 Å². The second-order valence-electron chi connectivity index (χ2n) is 4.78. The molecule has 1 aliphatic carbocycles. The van der Waals surface area contributed by atoms with Crippen LogP contribution in [-0.4, -0.2) is 6.54 Å². The number of hydrogen-bond donors (Lipinski definition) is 1. The molecule has 0 radical (unpaired) electrons. The van der Waals surface area contributed by atoms with Crippen LogP contribution >= 0.6 is 23.2 Å². The highest BCUT2D eigenvalue weighted by Crippen LogP contribution is 2.65. The van der Waals surface area contributed by atoms with E-state index in [1.807, 2.05) is 18.2 Å². The fourth-order valence-electron chi connectivity index (χ4n) is 2.56. The zero-order valence-corrected chi connectivity index (χ0v) is 10.4. The molecule has 82 valence electrons. The molecule has 15 heavy (non-hydrogen) atoms. The molecule has 1 nitrogen and oxygen atoms in total. The first kappa shape index (κ1) is 11.3. The van der Waals surface area contributed by atoms with Gasteiger partial charge >= 0.3 is 0 Å². The topological polar surface area (TPSA) is 26.0 Å². The maximum atomic E-state index is 6.19. The molecule has 3 heteroatoms. The number of nitrogens with two attached hydrogens (primary N) is 1. The van der Waals surface area contributed by atoms with Gasteiger partial charge in [0.15, 0.2) is 0 Å². The summed E-state index contributed by atoms with van der Waals surface area (Å²) >= 11 is 12.4. The van der Waals surface area contributed by atoms with Gasteiger partial charge in [-0.15, -0.1) is 0 Å². The highest BCUT2D eigenvalue weighted by molar-refractivity contribution is 6.36. The Kier molecular flexibility index (Phi) is 2.74. The van der Waals surface area contributed by atoms with Crippen LogP contribution in [0.1, 0.15) is 25.3 Å². The van der Waals surface area contributed by atoms with E-state index < -0.39 is 0 Å². The third-order valence-electron chi connectivity index (χ3n) is 3.62. The first-order valence-corrected chi connectivity index (χ1v) is 5.89. The van der Waals surface area contributed by atoms with Crippen molar-refractivity contribution in [3.05, 3.63) is 33.8 Å². The largest absolute Gasteiger partial charge is 0.330 e. The van der Waals surface area contributed by atoms with Crippen molar-refractivity contribution in [1.29, 1.82) is 0 Å². The molecular weight excluding hydrogens is 229 g/mol. The average molecular weight is 244 g/mol. The second kappa shape index (κ2) is 3.65. The first-order chi connectivity index (χ1) is 7.00. The summed E-state index contributed by atoms with van der Waals surface area (Å²) < 4.78 is 0. The van der Waals surface area contributed by atoms with Crippen LogP contribution in [0.25, 0.3) is 0 Å². The normalized spacial score (nSPS) is 27.8. The van der Waals surface area contributed by atoms with Gasteiger partial charge < -0.3 is 5.73 Å². The minimum atomic E-state index is 0.226. The Balaban J connectivity index is 2.41. The third kappa shape index (κ3) is 1.67. The Labute approximate surface area is 101 Å². The Bertz CT molecular complexity index is 367. The first-order valence-electron chi connectivity index (χ1n) is 5.14. The van der Waals surface area contributed by atoms with Gasteiger partial charge in [-0.3, -0.25) is 0 Å². The minimum Gasteiger partial charge on any atom is -0.330 e. The summed E-state index contributed by atoms with van der Waals surface area (Å²) in [6.45, 7) is 5.13. The standard InChI is InChI=1S/C12H15Cl2N/c1-12(2)7(6-15)11(12)10-8(13)4-3-5-9(10)14/h3-5,7,11H,6,15H2,1-2H3. The molecule has 1 fully saturated rings. The SMILES string of the molecule is CC1(C)C(CN)C1c1c(Cl)cccc1Cl. The van der Waals surface area contributed by atoms with Crippen molar-refractivity contribution >= 4 is 23.2 Å². The molecule has 0 bridgehead atoms. The van der Waals surface area contributed by atoms with E-state index in [1.54, 1.807) is 0 Å². The quantitative estimate of drug-likeness (QED) is 0.843. The molecule has 1 saturated carbocycles. The number of halogens is 2. The third-order valence-corrected chi connectivity index (χ3v) is 4.27. The molecule has 2 unspecified atom stereocenters. The number of rotatable bonds is 2. The molecular formula is C12H15Cl2N. The summed E-state index contributed by atoms with van der Waals surface area (Å²) in [7, 11) is 0. The van der Waals surface area contributed by atoms with Gasteiger partial charge in [-0.05, 0) is 41.5 Å². The summed E-state index contributed by atoms with van der Waals surface area (Å²) in [5.41, 5.74) is 7.05. The van der Waals surface area contributed by atoms with Gasteiger partial charge in [0.25, 0.3) is 0 Å². The average Bonchev–Trinajstić information content (AvgIpc) is 2.68. The fraction of sp³-hybridized carbons (Fsp3) is 0.500. The zero-order valence-electron chi connectivity index (χ0n) is 8.93. The molecule has 1 aromatic rings. The summed E-state index contributed by atoms with van der Waals surface area (Å²) in [4.78, 5) is 0. The van der Waals surface area contributed by atoms with Gasteiger partial charge in [0.2, 0.25) is 0 Å². The maximum Gasteiger partial charge on any atom is 0.0456 e. The molecule has 1 aromatic carbocycles. The summed E-state index contributed by atoms with van der Waals surface area (Å²) in [5, 5.41) is 1.52. The van der Waals surface area contributed by atoms with Crippen LogP contribution in [0.2, 0.25) is 10.0 Å². The smallest absolute Gasteiger partial charge is 0.0456 e. The summed E-state index contributed by atoms with van der Waals surface area (Å²) in [5.74, 6) is 0.901. The van der Waals surface area contributed by atoms with Crippen LogP contribution in [0.15, 0.2) is 18.2 Å². The highest BCUT2D eigenvalue weighted by atomic mass is 35.5. The zero-order chi connectivity index (χ0) is 11.2. The van der Waals surface area contributed by atoms with Gasteiger partial charge in [0.05, 0.1) is 0 Å². The Hall–Kier alpha value is -0.240. The Morgan fingerprint density at radius 3 is 2.20 bits per heavy atom. The van der Waals surface area contributed by atoms with Crippen LogP contribution < -0.4 is 5.73 Å². The van der Waals surface area contributed by atoms with Crippen molar-refractivity contribution in [3.63, 3.8) is 0 Å². The van der Waals surface area contributed by atoms with Gasteiger partial charge in [-0.1, -0.05) is 43.1 Å². The summed E-state index contributed by atoms with van der Waals surface area (Å²) in [6, 6.07) is 5.66. The lowest BCUT2D eigenvalue weighted by Gasteiger charge is -2.07. The molecule has 2 rings (SSSR count). The number of benzene rings is 1. The van der Waals surface area contributed by atoms with Crippen LogP contribution in [0, 0.1) is 11.3 Å². The van der Waals surface area contributed by atoms with E-state index in [4.69, 9.17) is 28.9 Å². The predicted octanol–water partition coefficient (Wildman–Crippen LogP) is 3.69. The molecule has 0 aromatic heterocycles. The molecule has 1 aliphatic rings. The van der Waals surface area contributed by atoms with Crippen molar-refractivity contribution in [3.8, 4) is 0 Å². The lowest BCUT2D eigenvalue weighted by atomic mass is 10.0. The molecule has 0 aliphatic heterocycles. The van der Waals surface area contributed by atoms with E-state index in [9.17, 15) is 0 Å². The van der Waals surface area contributed by atoms with Gasteiger partial charge in [-0.2, -0.15) is 0 Å².